The molecule has 2 heterocycles. The number of carbonyl (C=O) groups excluding carboxylic acids is 2. The number of benzene rings is 2. The van der Waals surface area contributed by atoms with Crippen molar-refractivity contribution in [1.82, 2.24) is 10.2 Å². The van der Waals surface area contributed by atoms with Gasteiger partial charge in [0.05, 0.1) is 0 Å². The first-order valence-electron chi connectivity index (χ1n) is 7.87. The summed E-state index contributed by atoms with van der Waals surface area (Å²) in [7, 11) is 0. The van der Waals surface area contributed by atoms with Crippen LogP contribution in [0.5, 0.6) is 11.5 Å². The van der Waals surface area contributed by atoms with Crippen molar-refractivity contribution in [3.63, 3.8) is 0 Å². The quantitative estimate of drug-likeness (QED) is 0.895. The van der Waals surface area contributed by atoms with Crippen molar-refractivity contribution < 1.29 is 19.1 Å². The van der Waals surface area contributed by atoms with Crippen LogP contribution in [-0.2, 0) is 4.79 Å². The number of amides is 2. The van der Waals surface area contributed by atoms with Crippen LogP contribution in [0.3, 0.4) is 0 Å². The summed E-state index contributed by atoms with van der Waals surface area (Å²) >= 11 is 6.05. The molecular formula is C18H15ClN2O4. The van der Waals surface area contributed by atoms with Crippen molar-refractivity contribution in [2.75, 3.05) is 19.9 Å². The largest absolute Gasteiger partial charge is 0.454 e. The smallest absolute Gasteiger partial charge is 0.255 e. The number of hydrogen-bond acceptors (Lipinski definition) is 4. The summed E-state index contributed by atoms with van der Waals surface area (Å²) in [5.74, 6) is 0.687. The molecule has 6 nitrogen and oxygen atoms in total. The Labute approximate surface area is 149 Å². The molecule has 1 N–H and O–H groups in total. The molecule has 0 aliphatic carbocycles. The van der Waals surface area contributed by atoms with Crippen LogP contribution in [0.2, 0.25) is 5.02 Å². The van der Waals surface area contributed by atoms with E-state index in [0.29, 0.717) is 40.7 Å². The molecule has 7 heteroatoms. The Balaban J connectivity index is 1.68. The maximum atomic E-state index is 13.0. The Bertz CT molecular complexity index is 855. The molecule has 1 unspecified atom stereocenters. The summed E-state index contributed by atoms with van der Waals surface area (Å²) in [5, 5.41) is 3.33. The Morgan fingerprint density at radius 3 is 2.84 bits per heavy atom. The summed E-state index contributed by atoms with van der Waals surface area (Å²) in [5.41, 5.74) is 1.13. The fourth-order valence-corrected chi connectivity index (χ4v) is 3.29. The standard InChI is InChI=1S/C18H15ClN2O4/c19-13-3-1-2-11(8-13)16-17(22)20-6-7-21(16)18(23)12-4-5-14-15(9-12)25-10-24-14/h1-5,8-9,16H,6-7,10H2,(H,20,22). The summed E-state index contributed by atoms with van der Waals surface area (Å²) in [6.07, 6.45) is 0. The molecule has 2 aromatic rings. The lowest BCUT2D eigenvalue weighted by atomic mass is 10.0. The number of piperazine rings is 1. The van der Waals surface area contributed by atoms with Gasteiger partial charge in [0, 0.05) is 23.7 Å². The van der Waals surface area contributed by atoms with Crippen LogP contribution in [0.1, 0.15) is 22.0 Å². The highest BCUT2D eigenvalue weighted by molar-refractivity contribution is 6.30. The van der Waals surface area contributed by atoms with E-state index in [9.17, 15) is 9.59 Å². The summed E-state index contributed by atoms with van der Waals surface area (Å²) in [6, 6.07) is 11.3. The molecule has 2 aromatic carbocycles. The Kier molecular flexibility index (Phi) is 3.97. The predicted octanol–water partition coefficient (Wildman–Crippen LogP) is 2.38. The van der Waals surface area contributed by atoms with Gasteiger partial charge in [0.15, 0.2) is 11.5 Å². The van der Waals surface area contributed by atoms with Gasteiger partial charge in [-0.1, -0.05) is 23.7 Å². The topological polar surface area (TPSA) is 67.9 Å². The van der Waals surface area contributed by atoms with Crippen molar-refractivity contribution >= 4 is 23.4 Å². The van der Waals surface area contributed by atoms with Crippen LogP contribution in [0.15, 0.2) is 42.5 Å². The molecule has 2 aliphatic rings. The zero-order chi connectivity index (χ0) is 17.4. The Morgan fingerprint density at radius 1 is 1.16 bits per heavy atom. The number of halogens is 1. The van der Waals surface area contributed by atoms with Crippen LogP contribution in [0, 0.1) is 0 Å². The van der Waals surface area contributed by atoms with Crippen LogP contribution in [-0.4, -0.2) is 36.6 Å². The van der Waals surface area contributed by atoms with Crippen LogP contribution in [0.4, 0.5) is 0 Å². The first kappa shape index (κ1) is 15.8. The van der Waals surface area contributed by atoms with E-state index in [1.807, 2.05) is 0 Å². The maximum Gasteiger partial charge on any atom is 0.255 e. The molecule has 2 amide bonds. The van der Waals surface area contributed by atoms with Gasteiger partial charge in [0.2, 0.25) is 12.7 Å². The van der Waals surface area contributed by atoms with Crippen LogP contribution >= 0.6 is 11.6 Å². The average Bonchev–Trinajstić information content (AvgIpc) is 3.08. The first-order chi connectivity index (χ1) is 12.1. The van der Waals surface area contributed by atoms with Crippen molar-refractivity contribution in [3.8, 4) is 11.5 Å². The Hall–Kier alpha value is -2.73. The van der Waals surface area contributed by atoms with Gasteiger partial charge in [0.25, 0.3) is 5.91 Å². The zero-order valence-electron chi connectivity index (χ0n) is 13.2. The lowest BCUT2D eigenvalue weighted by Crippen LogP contribution is -2.52. The van der Waals surface area contributed by atoms with Crippen molar-refractivity contribution in [2.45, 2.75) is 6.04 Å². The molecule has 0 aromatic heterocycles. The number of nitrogens with one attached hydrogen (secondary N) is 1. The van der Waals surface area contributed by atoms with Gasteiger partial charge < -0.3 is 19.7 Å². The monoisotopic (exact) mass is 358 g/mol. The zero-order valence-corrected chi connectivity index (χ0v) is 14.0. The molecular weight excluding hydrogens is 344 g/mol. The molecule has 0 bridgehead atoms. The third kappa shape index (κ3) is 2.89. The summed E-state index contributed by atoms with van der Waals surface area (Å²) in [6.45, 7) is 0.965. The third-order valence-electron chi connectivity index (χ3n) is 4.26. The average molecular weight is 359 g/mol. The van der Waals surface area contributed by atoms with Gasteiger partial charge in [-0.15, -0.1) is 0 Å². The van der Waals surface area contributed by atoms with Gasteiger partial charge in [-0.05, 0) is 35.9 Å². The van der Waals surface area contributed by atoms with Crippen molar-refractivity contribution in [1.29, 1.82) is 0 Å². The fourth-order valence-electron chi connectivity index (χ4n) is 3.09. The molecule has 1 atom stereocenters. The number of carbonyl (C=O) groups is 2. The summed E-state index contributed by atoms with van der Waals surface area (Å²) < 4.78 is 10.6. The second-order valence-corrected chi connectivity index (χ2v) is 6.25. The van der Waals surface area contributed by atoms with E-state index in [1.54, 1.807) is 47.4 Å². The normalized spacial score (nSPS) is 18.8. The molecule has 1 fully saturated rings. The van der Waals surface area contributed by atoms with E-state index in [4.69, 9.17) is 21.1 Å². The van der Waals surface area contributed by atoms with Crippen molar-refractivity contribution in [3.05, 3.63) is 58.6 Å². The minimum Gasteiger partial charge on any atom is -0.454 e. The lowest BCUT2D eigenvalue weighted by molar-refractivity contribution is -0.128. The highest BCUT2D eigenvalue weighted by Crippen LogP contribution is 2.34. The van der Waals surface area contributed by atoms with Gasteiger partial charge in [-0.3, -0.25) is 9.59 Å². The Morgan fingerprint density at radius 2 is 2.00 bits per heavy atom. The van der Waals surface area contributed by atoms with E-state index in [-0.39, 0.29) is 18.6 Å². The summed E-state index contributed by atoms with van der Waals surface area (Å²) in [4.78, 5) is 27.0. The molecule has 0 spiro atoms. The van der Waals surface area contributed by atoms with Gasteiger partial charge >= 0.3 is 0 Å². The SMILES string of the molecule is O=C1NCCN(C(=O)c2ccc3c(c2)OCO3)C1c1cccc(Cl)c1. The number of fused-ring (bicyclic) bond motifs is 1. The van der Waals surface area contributed by atoms with Crippen LogP contribution in [0.25, 0.3) is 0 Å². The molecule has 25 heavy (non-hydrogen) atoms. The molecule has 0 radical (unpaired) electrons. The molecule has 1 saturated heterocycles. The minimum atomic E-state index is -0.717. The molecule has 4 rings (SSSR count). The highest BCUT2D eigenvalue weighted by Gasteiger charge is 2.35. The van der Waals surface area contributed by atoms with Crippen molar-refractivity contribution in [2.24, 2.45) is 0 Å². The second-order valence-electron chi connectivity index (χ2n) is 5.82. The van der Waals surface area contributed by atoms with E-state index in [1.165, 1.54) is 0 Å². The molecule has 0 saturated carbocycles. The van der Waals surface area contributed by atoms with E-state index >= 15 is 0 Å². The number of hydrogen-bond donors (Lipinski definition) is 1. The van der Waals surface area contributed by atoms with E-state index in [2.05, 4.69) is 5.32 Å². The highest BCUT2D eigenvalue weighted by atomic mass is 35.5. The molecule has 128 valence electrons. The number of rotatable bonds is 2. The predicted molar refractivity (Wildman–Crippen MR) is 90.8 cm³/mol. The van der Waals surface area contributed by atoms with Gasteiger partial charge in [-0.2, -0.15) is 0 Å². The fraction of sp³-hybridized carbons (Fsp3) is 0.222. The maximum absolute atomic E-state index is 13.0. The van der Waals surface area contributed by atoms with Crippen LogP contribution < -0.4 is 14.8 Å². The van der Waals surface area contributed by atoms with Gasteiger partial charge in [0.1, 0.15) is 6.04 Å². The van der Waals surface area contributed by atoms with E-state index in [0.717, 1.165) is 0 Å². The first-order valence-corrected chi connectivity index (χ1v) is 8.25. The molecule has 2 aliphatic heterocycles. The van der Waals surface area contributed by atoms with E-state index < -0.39 is 6.04 Å². The minimum absolute atomic E-state index is 0.143. The van der Waals surface area contributed by atoms with Gasteiger partial charge in [-0.25, -0.2) is 0 Å². The lowest BCUT2D eigenvalue weighted by Gasteiger charge is -2.35. The third-order valence-corrected chi connectivity index (χ3v) is 4.49. The number of nitrogens with zero attached hydrogens (tertiary/aromatic N) is 1. The second kappa shape index (κ2) is 6.29. The number of ether oxygens (including phenoxy) is 2.